The van der Waals surface area contributed by atoms with E-state index in [0.29, 0.717) is 12.5 Å². The molecule has 0 radical (unpaired) electrons. The van der Waals surface area contributed by atoms with Crippen LogP contribution in [-0.4, -0.2) is 37.0 Å². The summed E-state index contributed by atoms with van der Waals surface area (Å²) in [5.41, 5.74) is 2.81. The molecule has 0 spiro atoms. The second-order valence-corrected chi connectivity index (χ2v) is 6.35. The van der Waals surface area contributed by atoms with E-state index in [0.717, 1.165) is 27.8 Å². The third-order valence-electron chi connectivity index (χ3n) is 3.51. The maximum absolute atomic E-state index is 12.1. The van der Waals surface area contributed by atoms with Crippen LogP contribution in [0.15, 0.2) is 52.1 Å². The number of nitrogens with one attached hydrogen (secondary N) is 3. The van der Waals surface area contributed by atoms with Crippen LogP contribution in [-0.2, 0) is 11.2 Å². The summed E-state index contributed by atoms with van der Waals surface area (Å²) >= 11 is 3.41. The third kappa shape index (κ3) is 7.69. The molecule has 1 amide bonds. The zero-order chi connectivity index (χ0) is 18.1. The number of carbonyl (C=O) groups is 1. The van der Waals surface area contributed by atoms with Gasteiger partial charge in [-0.2, -0.15) is 0 Å². The maximum atomic E-state index is 12.1. The molecule has 0 aliphatic carbocycles. The van der Waals surface area contributed by atoms with Gasteiger partial charge in [0.15, 0.2) is 5.96 Å². The van der Waals surface area contributed by atoms with Gasteiger partial charge in [-0.3, -0.25) is 14.8 Å². The maximum Gasteiger partial charge on any atom is 0.243 e. The molecule has 0 atom stereocenters. The van der Waals surface area contributed by atoms with Crippen molar-refractivity contribution in [2.75, 3.05) is 25.5 Å². The van der Waals surface area contributed by atoms with Crippen molar-refractivity contribution in [3.8, 4) is 0 Å². The highest BCUT2D eigenvalue weighted by Gasteiger charge is 2.06. The topological polar surface area (TPSA) is 78.4 Å². The van der Waals surface area contributed by atoms with Crippen LogP contribution in [0.3, 0.4) is 0 Å². The van der Waals surface area contributed by atoms with E-state index in [1.54, 1.807) is 13.2 Å². The number of aromatic nitrogens is 1. The van der Waals surface area contributed by atoms with Gasteiger partial charge in [0.1, 0.15) is 0 Å². The summed E-state index contributed by atoms with van der Waals surface area (Å²) in [4.78, 5) is 20.5. The molecule has 0 fully saturated rings. The summed E-state index contributed by atoms with van der Waals surface area (Å²) in [6.45, 7) is 2.77. The molecule has 1 aromatic heterocycles. The molecule has 0 aliphatic heterocycles. The first-order valence-corrected chi connectivity index (χ1v) is 8.78. The van der Waals surface area contributed by atoms with Crippen molar-refractivity contribution in [2.24, 2.45) is 4.99 Å². The van der Waals surface area contributed by atoms with Gasteiger partial charge in [-0.25, -0.2) is 0 Å². The Kier molecular flexibility index (Phi) is 10.2. The van der Waals surface area contributed by atoms with Gasteiger partial charge in [-0.15, -0.1) is 24.0 Å². The Morgan fingerprint density at radius 3 is 2.73 bits per heavy atom. The molecular formula is C18H23BrIN5O. The standard InChI is InChI=1S/C18H22BrN5O.HI/c1-13-6-7-14(19)11-16(13)24-17(25)12-23-18(20-2)22-10-8-15-5-3-4-9-21-15;/h3-7,9,11H,8,10,12H2,1-2H3,(H,24,25)(H2,20,22,23);1H. The van der Waals surface area contributed by atoms with Gasteiger partial charge >= 0.3 is 0 Å². The minimum absolute atomic E-state index is 0. The Morgan fingerprint density at radius 2 is 2.04 bits per heavy atom. The summed E-state index contributed by atoms with van der Waals surface area (Å²) in [6, 6.07) is 11.6. The number of hydrogen-bond donors (Lipinski definition) is 3. The van der Waals surface area contributed by atoms with E-state index in [9.17, 15) is 4.79 Å². The van der Waals surface area contributed by atoms with E-state index >= 15 is 0 Å². The Balaban J connectivity index is 0.00000338. The van der Waals surface area contributed by atoms with Crippen LogP contribution in [0.4, 0.5) is 5.69 Å². The molecule has 140 valence electrons. The number of guanidine groups is 1. The zero-order valence-electron chi connectivity index (χ0n) is 14.8. The summed E-state index contributed by atoms with van der Waals surface area (Å²) < 4.78 is 0.924. The number of aliphatic imine (C=N–C) groups is 1. The fourth-order valence-corrected chi connectivity index (χ4v) is 2.52. The van der Waals surface area contributed by atoms with E-state index in [1.165, 1.54) is 0 Å². The lowest BCUT2D eigenvalue weighted by Gasteiger charge is -2.13. The first-order chi connectivity index (χ1) is 12.1. The van der Waals surface area contributed by atoms with Crippen molar-refractivity contribution in [3.05, 3.63) is 58.3 Å². The molecule has 2 aromatic rings. The first kappa shape index (κ1) is 22.4. The number of rotatable bonds is 6. The molecule has 1 aromatic carbocycles. The van der Waals surface area contributed by atoms with Crippen molar-refractivity contribution in [1.29, 1.82) is 0 Å². The van der Waals surface area contributed by atoms with Crippen LogP contribution in [0.2, 0.25) is 0 Å². The predicted molar refractivity (Wildman–Crippen MR) is 120 cm³/mol. The van der Waals surface area contributed by atoms with Gasteiger partial charge in [0, 0.05) is 42.1 Å². The third-order valence-corrected chi connectivity index (χ3v) is 4.01. The molecule has 2 rings (SSSR count). The van der Waals surface area contributed by atoms with Crippen LogP contribution in [0.25, 0.3) is 0 Å². The van der Waals surface area contributed by atoms with Gasteiger partial charge in [0.2, 0.25) is 5.91 Å². The highest BCUT2D eigenvalue weighted by atomic mass is 127. The fourth-order valence-electron chi connectivity index (χ4n) is 2.16. The van der Waals surface area contributed by atoms with Crippen LogP contribution >= 0.6 is 39.9 Å². The summed E-state index contributed by atoms with van der Waals surface area (Å²) in [5, 5.41) is 9.06. The van der Waals surface area contributed by atoms with E-state index in [4.69, 9.17) is 0 Å². The largest absolute Gasteiger partial charge is 0.356 e. The lowest BCUT2D eigenvalue weighted by atomic mass is 10.2. The monoisotopic (exact) mass is 531 g/mol. The Morgan fingerprint density at radius 1 is 1.23 bits per heavy atom. The molecule has 0 unspecified atom stereocenters. The molecule has 8 heteroatoms. The highest BCUT2D eigenvalue weighted by molar-refractivity contribution is 14.0. The van der Waals surface area contributed by atoms with E-state index in [2.05, 4.69) is 41.9 Å². The minimum atomic E-state index is -0.131. The summed E-state index contributed by atoms with van der Waals surface area (Å²) in [7, 11) is 1.67. The van der Waals surface area contributed by atoms with Crippen molar-refractivity contribution < 1.29 is 4.79 Å². The van der Waals surface area contributed by atoms with Crippen LogP contribution in [0, 0.1) is 6.92 Å². The Bertz CT molecular complexity index is 740. The van der Waals surface area contributed by atoms with Crippen LogP contribution in [0.1, 0.15) is 11.3 Å². The number of halogens is 2. The number of pyridine rings is 1. The van der Waals surface area contributed by atoms with Gasteiger partial charge in [-0.1, -0.05) is 28.1 Å². The Hall–Kier alpha value is -1.68. The normalized spacial score (nSPS) is 10.7. The number of anilines is 1. The van der Waals surface area contributed by atoms with Crippen molar-refractivity contribution >= 4 is 57.5 Å². The molecule has 0 saturated carbocycles. The molecule has 3 N–H and O–H groups in total. The van der Waals surface area contributed by atoms with Gasteiger partial charge in [0.05, 0.1) is 6.54 Å². The molecule has 0 saturated heterocycles. The number of nitrogens with zero attached hydrogens (tertiary/aromatic N) is 2. The van der Waals surface area contributed by atoms with Crippen molar-refractivity contribution in [1.82, 2.24) is 15.6 Å². The lowest BCUT2D eigenvalue weighted by molar-refractivity contribution is -0.115. The number of aryl methyl sites for hydroxylation is 1. The SMILES string of the molecule is CN=C(NCCc1ccccn1)NCC(=O)Nc1cc(Br)ccc1C.I. The zero-order valence-corrected chi connectivity index (χ0v) is 18.7. The summed E-state index contributed by atoms with van der Waals surface area (Å²) in [5.74, 6) is 0.450. The van der Waals surface area contributed by atoms with E-state index < -0.39 is 0 Å². The molecule has 6 nitrogen and oxygen atoms in total. The molecule has 0 aliphatic rings. The van der Waals surface area contributed by atoms with Gasteiger partial charge < -0.3 is 16.0 Å². The van der Waals surface area contributed by atoms with Gasteiger partial charge in [-0.05, 0) is 36.8 Å². The first-order valence-electron chi connectivity index (χ1n) is 7.99. The van der Waals surface area contributed by atoms with E-state index in [1.807, 2.05) is 43.3 Å². The van der Waals surface area contributed by atoms with Crippen molar-refractivity contribution in [3.63, 3.8) is 0 Å². The molecule has 0 bridgehead atoms. The number of benzene rings is 1. The van der Waals surface area contributed by atoms with Crippen molar-refractivity contribution in [2.45, 2.75) is 13.3 Å². The van der Waals surface area contributed by atoms with Crippen LogP contribution in [0.5, 0.6) is 0 Å². The van der Waals surface area contributed by atoms with Crippen LogP contribution < -0.4 is 16.0 Å². The minimum Gasteiger partial charge on any atom is -0.356 e. The molecule has 1 heterocycles. The molecule has 26 heavy (non-hydrogen) atoms. The Labute approximate surface area is 179 Å². The second kappa shape index (κ2) is 11.8. The van der Waals surface area contributed by atoms with Gasteiger partial charge in [0.25, 0.3) is 0 Å². The lowest BCUT2D eigenvalue weighted by Crippen LogP contribution is -2.42. The van der Waals surface area contributed by atoms with E-state index in [-0.39, 0.29) is 36.4 Å². The number of carbonyl (C=O) groups excluding carboxylic acids is 1. The highest BCUT2D eigenvalue weighted by Crippen LogP contribution is 2.20. The molecular weight excluding hydrogens is 509 g/mol. The average molecular weight is 532 g/mol. The quantitative estimate of drug-likeness (QED) is 0.304. The predicted octanol–water partition coefficient (Wildman–Crippen LogP) is 3.12. The number of amides is 1. The smallest absolute Gasteiger partial charge is 0.243 e. The second-order valence-electron chi connectivity index (χ2n) is 5.43. The average Bonchev–Trinajstić information content (AvgIpc) is 2.62. The number of hydrogen-bond acceptors (Lipinski definition) is 3. The fraction of sp³-hybridized carbons (Fsp3) is 0.278. The summed E-state index contributed by atoms with van der Waals surface area (Å²) in [6.07, 6.45) is 2.56.